The van der Waals surface area contributed by atoms with Gasteiger partial charge in [-0.1, -0.05) is 20.8 Å². The molecular weight excluding hydrogens is 256 g/mol. The molecule has 1 amide bonds. The second-order valence-electron chi connectivity index (χ2n) is 5.45. The molecule has 2 heterocycles. The van der Waals surface area contributed by atoms with Gasteiger partial charge < -0.3 is 10.1 Å². The molecule has 0 spiro atoms. The number of anilines is 1. The Hall–Kier alpha value is -2.37. The summed E-state index contributed by atoms with van der Waals surface area (Å²) in [7, 11) is 1.50. The van der Waals surface area contributed by atoms with Crippen LogP contribution in [0.5, 0.6) is 5.75 Å². The summed E-state index contributed by atoms with van der Waals surface area (Å²) in [4.78, 5) is 16.1. The van der Waals surface area contributed by atoms with Gasteiger partial charge in [-0.25, -0.2) is 0 Å². The maximum atomic E-state index is 12.2. The van der Waals surface area contributed by atoms with Crippen LogP contribution in [0.3, 0.4) is 0 Å². The first-order valence-corrected chi connectivity index (χ1v) is 6.27. The zero-order chi connectivity index (χ0) is 14.8. The Labute approximate surface area is 117 Å². The van der Waals surface area contributed by atoms with Crippen molar-refractivity contribution in [1.29, 1.82) is 0 Å². The predicted molar refractivity (Wildman–Crippen MR) is 76.0 cm³/mol. The molecule has 2 N–H and O–H groups in total. The maximum Gasteiger partial charge on any atom is 0.260 e. The minimum atomic E-state index is -0.281. The number of carbonyl (C=O) groups excluding carboxylic acids is 1. The van der Waals surface area contributed by atoms with Crippen molar-refractivity contribution in [2.45, 2.75) is 26.2 Å². The first-order valence-electron chi connectivity index (χ1n) is 6.27. The molecule has 6 heteroatoms. The fourth-order valence-corrected chi connectivity index (χ4v) is 1.68. The van der Waals surface area contributed by atoms with E-state index >= 15 is 0 Å². The molecule has 0 saturated carbocycles. The molecule has 2 rings (SSSR count). The Morgan fingerprint density at radius 3 is 2.75 bits per heavy atom. The van der Waals surface area contributed by atoms with Crippen molar-refractivity contribution in [3.63, 3.8) is 0 Å². The smallest absolute Gasteiger partial charge is 0.260 e. The summed E-state index contributed by atoms with van der Waals surface area (Å²) in [5.41, 5.74) is 1.32. The largest absolute Gasteiger partial charge is 0.494 e. The van der Waals surface area contributed by atoms with Gasteiger partial charge in [0.2, 0.25) is 0 Å². The van der Waals surface area contributed by atoms with Crippen LogP contribution < -0.4 is 10.1 Å². The minimum Gasteiger partial charge on any atom is -0.494 e. The number of pyridine rings is 1. The van der Waals surface area contributed by atoms with Gasteiger partial charge in [-0.05, 0) is 6.07 Å². The molecular formula is C14H18N4O2. The van der Waals surface area contributed by atoms with E-state index in [0.717, 1.165) is 5.69 Å². The number of methoxy groups -OCH3 is 1. The summed E-state index contributed by atoms with van der Waals surface area (Å²) >= 11 is 0. The van der Waals surface area contributed by atoms with Crippen molar-refractivity contribution in [3.8, 4) is 5.75 Å². The van der Waals surface area contributed by atoms with E-state index in [4.69, 9.17) is 4.74 Å². The highest BCUT2D eigenvalue weighted by Gasteiger charge is 2.18. The molecule has 0 radical (unpaired) electrons. The third-order valence-electron chi connectivity index (χ3n) is 2.88. The Morgan fingerprint density at radius 1 is 1.40 bits per heavy atom. The molecule has 20 heavy (non-hydrogen) atoms. The molecule has 0 unspecified atom stereocenters. The number of hydrogen-bond acceptors (Lipinski definition) is 4. The molecule has 0 aliphatic rings. The van der Waals surface area contributed by atoms with E-state index in [0.29, 0.717) is 17.1 Å². The molecule has 0 bridgehead atoms. The van der Waals surface area contributed by atoms with Crippen molar-refractivity contribution in [3.05, 3.63) is 35.8 Å². The molecule has 2 aromatic heterocycles. The fourth-order valence-electron chi connectivity index (χ4n) is 1.68. The van der Waals surface area contributed by atoms with Gasteiger partial charge in [0.25, 0.3) is 5.91 Å². The number of amides is 1. The van der Waals surface area contributed by atoms with E-state index in [1.165, 1.54) is 13.3 Å². The number of nitrogens with zero attached hydrogens (tertiary/aromatic N) is 2. The molecule has 0 atom stereocenters. The van der Waals surface area contributed by atoms with Crippen molar-refractivity contribution >= 4 is 11.7 Å². The Kier molecular flexibility index (Phi) is 3.74. The van der Waals surface area contributed by atoms with Crippen molar-refractivity contribution in [1.82, 2.24) is 15.2 Å². The number of nitrogens with one attached hydrogen (secondary N) is 2. The van der Waals surface area contributed by atoms with Gasteiger partial charge in [-0.15, -0.1) is 0 Å². The molecule has 0 aliphatic heterocycles. The van der Waals surface area contributed by atoms with E-state index < -0.39 is 0 Å². The van der Waals surface area contributed by atoms with Crippen LogP contribution in [0, 0.1) is 0 Å². The molecule has 6 nitrogen and oxygen atoms in total. The third kappa shape index (κ3) is 2.96. The summed E-state index contributed by atoms with van der Waals surface area (Å²) in [6.45, 7) is 6.20. The lowest BCUT2D eigenvalue weighted by atomic mass is 9.92. The Balaban J connectivity index is 2.18. The van der Waals surface area contributed by atoms with Gasteiger partial charge in [0.15, 0.2) is 5.82 Å². The fraction of sp³-hybridized carbons (Fsp3) is 0.357. The number of ether oxygens (including phenoxy) is 1. The van der Waals surface area contributed by atoms with Crippen LogP contribution in [0.1, 0.15) is 36.8 Å². The van der Waals surface area contributed by atoms with Crippen LogP contribution in [0.2, 0.25) is 0 Å². The second-order valence-corrected chi connectivity index (χ2v) is 5.45. The molecule has 0 aromatic carbocycles. The zero-order valence-electron chi connectivity index (χ0n) is 12.0. The van der Waals surface area contributed by atoms with Gasteiger partial charge in [0.05, 0.1) is 18.9 Å². The number of carbonyl (C=O) groups is 1. The van der Waals surface area contributed by atoms with E-state index in [-0.39, 0.29) is 11.3 Å². The molecule has 0 fully saturated rings. The van der Waals surface area contributed by atoms with Crippen LogP contribution in [-0.4, -0.2) is 28.2 Å². The lowest BCUT2D eigenvalue weighted by Gasteiger charge is -2.14. The SMILES string of the molecule is COc1cnccc1C(=O)Nc1cc(C(C)(C)C)[nH]n1. The highest BCUT2D eigenvalue weighted by molar-refractivity contribution is 6.05. The van der Waals surface area contributed by atoms with Crippen LogP contribution >= 0.6 is 0 Å². The Bertz CT molecular complexity index is 614. The topological polar surface area (TPSA) is 79.9 Å². The predicted octanol–water partition coefficient (Wildman–Crippen LogP) is 2.36. The number of H-pyrrole nitrogens is 1. The Morgan fingerprint density at radius 2 is 2.15 bits per heavy atom. The number of aromatic nitrogens is 3. The van der Waals surface area contributed by atoms with Crippen molar-refractivity contribution in [2.75, 3.05) is 12.4 Å². The summed E-state index contributed by atoms with van der Waals surface area (Å²) in [6.07, 6.45) is 3.04. The molecule has 106 valence electrons. The minimum absolute atomic E-state index is 0.0513. The number of rotatable bonds is 3. The molecule has 0 aliphatic carbocycles. The normalized spacial score (nSPS) is 11.2. The third-order valence-corrected chi connectivity index (χ3v) is 2.88. The molecule has 0 saturated heterocycles. The molecule has 2 aromatic rings. The quantitative estimate of drug-likeness (QED) is 0.900. The van der Waals surface area contributed by atoms with Crippen LogP contribution in [0.25, 0.3) is 0 Å². The van der Waals surface area contributed by atoms with E-state index in [1.807, 2.05) is 6.07 Å². The summed E-state index contributed by atoms with van der Waals surface area (Å²) in [6, 6.07) is 3.43. The number of aromatic amines is 1. The highest BCUT2D eigenvalue weighted by Crippen LogP contribution is 2.23. The van der Waals surface area contributed by atoms with Gasteiger partial charge in [0, 0.05) is 23.4 Å². The highest BCUT2D eigenvalue weighted by atomic mass is 16.5. The average Bonchev–Trinajstić information content (AvgIpc) is 2.87. The standard InChI is InChI=1S/C14H18N4O2/c1-14(2,3)11-7-12(18-17-11)16-13(19)9-5-6-15-8-10(9)20-4/h5-8H,1-4H3,(H2,16,17,18,19). The summed E-state index contributed by atoms with van der Waals surface area (Å²) < 4.78 is 5.11. The van der Waals surface area contributed by atoms with E-state index in [2.05, 4.69) is 41.3 Å². The monoisotopic (exact) mass is 274 g/mol. The van der Waals surface area contributed by atoms with Gasteiger partial charge in [-0.3, -0.25) is 14.9 Å². The first-order chi connectivity index (χ1) is 9.41. The first kappa shape index (κ1) is 14.0. The average molecular weight is 274 g/mol. The van der Waals surface area contributed by atoms with E-state index in [9.17, 15) is 4.79 Å². The van der Waals surface area contributed by atoms with Gasteiger partial charge in [-0.2, -0.15) is 5.10 Å². The van der Waals surface area contributed by atoms with Gasteiger partial charge in [0.1, 0.15) is 5.75 Å². The summed E-state index contributed by atoms with van der Waals surface area (Å²) in [5.74, 6) is 0.631. The zero-order valence-corrected chi connectivity index (χ0v) is 12.0. The maximum absolute atomic E-state index is 12.2. The second kappa shape index (κ2) is 5.32. The van der Waals surface area contributed by atoms with Crippen molar-refractivity contribution in [2.24, 2.45) is 0 Å². The van der Waals surface area contributed by atoms with Crippen LogP contribution in [-0.2, 0) is 5.41 Å². The van der Waals surface area contributed by atoms with Crippen molar-refractivity contribution < 1.29 is 9.53 Å². The number of hydrogen-bond donors (Lipinski definition) is 2. The summed E-state index contributed by atoms with van der Waals surface area (Å²) in [5, 5.41) is 9.75. The van der Waals surface area contributed by atoms with Crippen LogP contribution in [0.15, 0.2) is 24.5 Å². The lowest BCUT2D eigenvalue weighted by molar-refractivity contribution is 0.102. The van der Waals surface area contributed by atoms with Gasteiger partial charge >= 0.3 is 0 Å². The van der Waals surface area contributed by atoms with Crippen LogP contribution in [0.4, 0.5) is 5.82 Å². The lowest BCUT2D eigenvalue weighted by Crippen LogP contribution is -2.13. The van der Waals surface area contributed by atoms with E-state index in [1.54, 1.807) is 12.3 Å².